The van der Waals surface area contributed by atoms with Gasteiger partial charge in [-0.25, -0.2) is 16.8 Å². The third kappa shape index (κ3) is 3.79. The van der Waals surface area contributed by atoms with Gasteiger partial charge >= 0.3 is 0 Å². The molecular formula is C19H17NO4S2. The second kappa shape index (κ2) is 6.93. The van der Waals surface area contributed by atoms with Crippen LogP contribution < -0.4 is 4.72 Å². The van der Waals surface area contributed by atoms with E-state index in [9.17, 15) is 16.8 Å². The van der Waals surface area contributed by atoms with Gasteiger partial charge in [-0.1, -0.05) is 36.4 Å². The fraction of sp³-hybridized carbons (Fsp3) is 0.0526. The van der Waals surface area contributed by atoms with Gasteiger partial charge in [0.15, 0.2) is 0 Å². The fourth-order valence-corrected chi connectivity index (χ4v) is 4.96. The summed E-state index contributed by atoms with van der Waals surface area (Å²) in [5, 5.41) is 0. The van der Waals surface area contributed by atoms with Crippen LogP contribution in [0.4, 0.5) is 5.69 Å². The fourth-order valence-electron chi connectivity index (χ4n) is 2.47. The van der Waals surface area contributed by atoms with E-state index >= 15 is 0 Å². The Bertz CT molecular complexity index is 1140. The van der Waals surface area contributed by atoms with E-state index in [0.29, 0.717) is 5.69 Å². The molecule has 3 aromatic rings. The zero-order valence-electron chi connectivity index (χ0n) is 14.0. The van der Waals surface area contributed by atoms with Crippen molar-refractivity contribution in [2.45, 2.75) is 21.6 Å². The van der Waals surface area contributed by atoms with E-state index in [1.165, 1.54) is 36.4 Å². The van der Waals surface area contributed by atoms with Gasteiger partial charge in [0.1, 0.15) is 0 Å². The summed E-state index contributed by atoms with van der Waals surface area (Å²) in [6, 6.07) is 20.1. The first-order valence-electron chi connectivity index (χ1n) is 7.79. The van der Waals surface area contributed by atoms with Crippen molar-refractivity contribution in [1.82, 2.24) is 0 Å². The lowest BCUT2D eigenvalue weighted by atomic mass is 10.2. The Hall–Kier alpha value is -2.64. The van der Waals surface area contributed by atoms with Gasteiger partial charge in [-0.05, 0) is 55.0 Å². The molecule has 0 bridgehead atoms. The molecule has 0 saturated carbocycles. The molecule has 0 aromatic heterocycles. The lowest BCUT2D eigenvalue weighted by Crippen LogP contribution is -2.14. The number of sulfone groups is 1. The largest absolute Gasteiger partial charge is 0.280 e. The molecule has 0 saturated heterocycles. The van der Waals surface area contributed by atoms with Crippen molar-refractivity contribution < 1.29 is 16.8 Å². The minimum Gasteiger partial charge on any atom is -0.280 e. The van der Waals surface area contributed by atoms with Gasteiger partial charge in [0, 0.05) is 5.69 Å². The molecule has 7 heteroatoms. The minimum atomic E-state index is -3.91. The average Bonchev–Trinajstić information content (AvgIpc) is 2.62. The molecule has 3 aromatic carbocycles. The van der Waals surface area contributed by atoms with Crippen LogP contribution in [0, 0.1) is 6.92 Å². The van der Waals surface area contributed by atoms with E-state index in [2.05, 4.69) is 4.72 Å². The smallest absolute Gasteiger partial charge is 0.261 e. The van der Waals surface area contributed by atoms with Crippen LogP contribution in [0.3, 0.4) is 0 Å². The molecule has 0 atom stereocenters. The number of aryl methyl sites for hydroxylation is 1. The van der Waals surface area contributed by atoms with Gasteiger partial charge in [0.2, 0.25) is 9.84 Å². The number of nitrogens with one attached hydrogen (secondary N) is 1. The molecule has 0 aliphatic rings. The zero-order valence-corrected chi connectivity index (χ0v) is 15.6. The number of rotatable bonds is 5. The summed E-state index contributed by atoms with van der Waals surface area (Å²) >= 11 is 0. The molecule has 0 amide bonds. The third-order valence-electron chi connectivity index (χ3n) is 3.75. The number of hydrogen-bond donors (Lipinski definition) is 1. The topological polar surface area (TPSA) is 80.3 Å². The summed E-state index contributed by atoms with van der Waals surface area (Å²) < 4.78 is 53.1. The first-order chi connectivity index (χ1) is 12.3. The Morgan fingerprint density at radius 2 is 1.27 bits per heavy atom. The van der Waals surface area contributed by atoms with Crippen LogP contribution in [0.25, 0.3) is 0 Å². The second-order valence-electron chi connectivity index (χ2n) is 5.77. The van der Waals surface area contributed by atoms with Crippen LogP contribution in [-0.4, -0.2) is 16.8 Å². The monoisotopic (exact) mass is 387 g/mol. The maximum atomic E-state index is 12.7. The lowest BCUT2D eigenvalue weighted by Gasteiger charge is -2.10. The van der Waals surface area contributed by atoms with Gasteiger partial charge < -0.3 is 0 Å². The van der Waals surface area contributed by atoms with Gasteiger partial charge in [0.05, 0.1) is 14.7 Å². The van der Waals surface area contributed by atoms with Crippen molar-refractivity contribution in [3.05, 3.63) is 84.4 Å². The quantitative estimate of drug-likeness (QED) is 0.725. The third-order valence-corrected chi connectivity index (χ3v) is 6.90. The Morgan fingerprint density at radius 3 is 1.96 bits per heavy atom. The molecule has 0 spiro atoms. The molecule has 0 unspecified atom stereocenters. The summed E-state index contributed by atoms with van der Waals surface area (Å²) in [4.78, 5) is -0.0759. The van der Waals surface area contributed by atoms with E-state index in [1.807, 2.05) is 13.0 Å². The highest BCUT2D eigenvalue weighted by molar-refractivity contribution is 7.93. The Morgan fingerprint density at radius 1 is 0.654 bits per heavy atom. The summed E-state index contributed by atoms with van der Waals surface area (Å²) in [6.45, 7) is 1.85. The number of sulfonamides is 1. The van der Waals surface area contributed by atoms with Crippen molar-refractivity contribution in [1.29, 1.82) is 0 Å². The van der Waals surface area contributed by atoms with Crippen LogP contribution >= 0.6 is 0 Å². The molecule has 0 fully saturated rings. The van der Waals surface area contributed by atoms with Crippen molar-refractivity contribution in [2.24, 2.45) is 0 Å². The molecular weight excluding hydrogens is 370 g/mol. The van der Waals surface area contributed by atoms with Crippen LogP contribution in [0.5, 0.6) is 0 Å². The molecule has 5 nitrogen and oxygen atoms in total. The highest BCUT2D eigenvalue weighted by Crippen LogP contribution is 2.24. The van der Waals surface area contributed by atoms with Crippen LogP contribution in [0.1, 0.15) is 5.56 Å². The predicted molar refractivity (Wildman–Crippen MR) is 100 cm³/mol. The summed E-state index contributed by atoms with van der Waals surface area (Å²) in [5.41, 5.74) is 1.33. The lowest BCUT2D eigenvalue weighted by molar-refractivity contribution is 0.595. The average molecular weight is 387 g/mol. The van der Waals surface area contributed by atoms with Gasteiger partial charge in [-0.15, -0.1) is 0 Å². The van der Waals surface area contributed by atoms with Crippen molar-refractivity contribution in [2.75, 3.05) is 4.72 Å². The molecule has 0 heterocycles. The Kier molecular flexibility index (Phi) is 4.84. The van der Waals surface area contributed by atoms with Crippen molar-refractivity contribution in [3.63, 3.8) is 0 Å². The van der Waals surface area contributed by atoms with Crippen LogP contribution in [-0.2, 0) is 19.9 Å². The van der Waals surface area contributed by atoms with E-state index in [-0.39, 0.29) is 14.7 Å². The maximum Gasteiger partial charge on any atom is 0.261 e. The van der Waals surface area contributed by atoms with Crippen molar-refractivity contribution >= 4 is 25.5 Å². The van der Waals surface area contributed by atoms with E-state index < -0.39 is 19.9 Å². The van der Waals surface area contributed by atoms with Crippen molar-refractivity contribution in [3.8, 4) is 0 Å². The number of benzene rings is 3. The second-order valence-corrected chi connectivity index (χ2v) is 9.40. The van der Waals surface area contributed by atoms with Gasteiger partial charge in [-0.3, -0.25) is 4.72 Å². The molecule has 26 heavy (non-hydrogen) atoms. The normalized spacial score (nSPS) is 11.9. The molecule has 134 valence electrons. The molecule has 0 aliphatic heterocycles. The number of anilines is 1. The van der Waals surface area contributed by atoms with E-state index in [4.69, 9.17) is 0 Å². The van der Waals surface area contributed by atoms with Gasteiger partial charge in [0.25, 0.3) is 10.0 Å². The molecule has 0 radical (unpaired) electrons. The van der Waals surface area contributed by atoms with E-state index in [0.717, 1.165) is 5.56 Å². The first-order valence-corrected chi connectivity index (χ1v) is 10.8. The number of hydrogen-bond acceptors (Lipinski definition) is 4. The minimum absolute atomic E-state index is 0.0733. The van der Waals surface area contributed by atoms with Gasteiger partial charge in [-0.2, -0.15) is 0 Å². The standard InChI is InChI=1S/C19H17NO4S2/c1-15-7-5-8-16(13-15)20-26(23,24)19-12-6-11-18(14-19)25(21,22)17-9-3-2-4-10-17/h2-14,20H,1H3. The summed E-state index contributed by atoms with van der Waals surface area (Å²) in [6.07, 6.45) is 0. The van der Waals surface area contributed by atoms with Crippen LogP contribution in [0.2, 0.25) is 0 Å². The SMILES string of the molecule is Cc1cccc(NS(=O)(=O)c2cccc(S(=O)(=O)c3ccccc3)c2)c1. The highest BCUT2D eigenvalue weighted by Gasteiger charge is 2.21. The predicted octanol–water partition coefficient (Wildman–Crippen LogP) is 3.63. The first kappa shape index (κ1) is 18.2. The van der Waals surface area contributed by atoms with Crippen LogP contribution in [0.15, 0.2) is 93.5 Å². The zero-order chi connectivity index (χ0) is 18.8. The molecule has 1 N–H and O–H groups in total. The highest BCUT2D eigenvalue weighted by atomic mass is 32.2. The molecule has 3 rings (SSSR count). The Balaban J connectivity index is 1.99. The Labute approximate surface area is 153 Å². The summed E-state index contributed by atoms with van der Waals surface area (Å²) in [5.74, 6) is 0. The molecule has 0 aliphatic carbocycles. The summed E-state index contributed by atoms with van der Waals surface area (Å²) in [7, 11) is -7.70. The van der Waals surface area contributed by atoms with E-state index in [1.54, 1.807) is 36.4 Å². The maximum absolute atomic E-state index is 12.7.